The van der Waals surface area contributed by atoms with Gasteiger partial charge in [-0.05, 0) is 19.1 Å². The van der Waals surface area contributed by atoms with Gasteiger partial charge in [-0.1, -0.05) is 12.1 Å². The van der Waals surface area contributed by atoms with Crippen LogP contribution in [0.4, 0.5) is 10.1 Å². The molecule has 1 N–H and O–H groups in total. The van der Waals surface area contributed by atoms with E-state index in [0.29, 0.717) is 5.69 Å². The van der Waals surface area contributed by atoms with Crippen LogP contribution >= 0.6 is 0 Å². The second kappa shape index (κ2) is 6.02. The van der Waals surface area contributed by atoms with Gasteiger partial charge in [0.25, 0.3) is 0 Å². The molecule has 0 aliphatic carbocycles. The number of piperazine rings is 1. The third-order valence-corrected chi connectivity index (χ3v) is 3.60. The summed E-state index contributed by atoms with van der Waals surface area (Å²) < 4.78 is 13.7. The first kappa shape index (κ1) is 13.8. The first-order chi connectivity index (χ1) is 9.08. The van der Waals surface area contributed by atoms with E-state index < -0.39 is 5.97 Å². The van der Waals surface area contributed by atoms with Gasteiger partial charge in [0, 0.05) is 32.2 Å². The highest BCUT2D eigenvalue weighted by Crippen LogP contribution is 2.21. The standard InChI is InChI=1S/C14H19FN2O2/c1-11(10-14(18)19)16-6-8-17(9-7-16)13-5-3-2-4-12(13)15/h2-5,11H,6-10H2,1H3,(H,18,19). The van der Waals surface area contributed by atoms with E-state index in [1.54, 1.807) is 12.1 Å². The molecule has 4 nitrogen and oxygen atoms in total. The lowest BCUT2D eigenvalue weighted by Crippen LogP contribution is -2.50. The fourth-order valence-corrected chi connectivity index (χ4v) is 2.49. The minimum Gasteiger partial charge on any atom is -0.481 e. The Balaban J connectivity index is 1.92. The molecular formula is C14H19FN2O2. The Labute approximate surface area is 112 Å². The maximum Gasteiger partial charge on any atom is 0.304 e. The van der Waals surface area contributed by atoms with Gasteiger partial charge in [0.1, 0.15) is 5.82 Å². The van der Waals surface area contributed by atoms with Crippen LogP contribution in [0.2, 0.25) is 0 Å². The number of anilines is 1. The van der Waals surface area contributed by atoms with Crippen molar-refractivity contribution in [2.45, 2.75) is 19.4 Å². The molecule has 5 heteroatoms. The number of aliphatic carboxylic acids is 1. The number of para-hydroxylation sites is 1. The van der Waals surface area contributed by atoms with Crippen LogP contribution in [0.15, 0.2) is 24.3 Å². The molecule has 1 aliphatic rings. The minimum atomic E-state index is -0.774. The highest BCUT2D eigenvalue weighted by Gasteiger charge is 2.23. The van der Waals surface area contributed by atoms with Gasteiger partial charge in [-0.2, -0.15) is 0 Å². The number of carbonyl (C=O) groups is 1. The van der Waals surface area contributed by atoms with Gasteiger partial charge < -0.3 is 10.0 Å². The number of hydrogen-bond donors (Lipinski definition) is 1. The molecule has 0 bridgehead atoms. The predicted molar refractivity (Wildman–Crippen MR) is 71.9 cm³/mol. The molecule has 0 amide bonds. The van der Waals surface area contributed by atoms with Gasteiger partial charge in [0.15, 0.2) is 0 Å². The van der Waals surface area contributed by atoms with Gasteiger partial charge in [-0.3, -0.25) is 9.69 Å². The van der Waals surface area contributed by atoms with Gasteiger partial charge >= 0.3 is 5.97 Å². The van der Waals surface area contributed by atoms with Crippen molar-refractivity contribution in [1.29, 1.82) is 0 Å². The summed E-state index contributed by atoms with van der Waals surface area (Å²) in [4.78, 5) is 14.9. The first-order valence-corrected chi connectivity index (χ1v) is 6.53. The highest BCUT2D eigenvalue weighted by molar-refractivity contribution is 5.67. The Morgan fingerprint density at radius 3 is 2.53 bits per heavy atom. The van der Waals surface area contributed by atoms with Crippen LogP contribution in [0, 0.1) is 5.82 Å². The van der Waals surface area contributed by atoms with E-state index >= 15 is 0 Å². The topological polar surface area (TPSA) is 43.8 Å². The number of hydrogen-bond acceptors (Lipinski definition) is 3. The molecule has 19 heavy (non-hydrogen) atoms. The Hall–Kier alpha value is -1.62. The van der Waals surface area contributed by atoms with Crippen LogP contribution in [-0.2, 0) is 4.79 Å². The zero-order valence-electron chi connectivity index (χ0n) is 11.1. The van der Waals surface area contributed by atoms with Crippen molar-refractivity contribution in [3.05, 3.63) is 30.1 Å². The van der Waals surface area contributed by atoms with E-state index in [1.165, 1.54) is 6.07 Å². The van der Waals surface area contributed by atoms with Crippen LogP contribution in [-0.4, -0.2) is 48.2 Å². The van der Waals surface area contributed by atoms with Crippen molar-refractivity contribution in [2.24, 2.45) is 0 Å². The molecule has 0 aromatic heterocycles. The molecule has 1 aromatic carbocycles. The van der Waals surface area contributed by atoms with Crippen LogP contribution in [0.5, 0.6) is 0 Å². The third kappa shape index (κ3) is 3.44. The zero-order chi connectivity index (χ0) is 13.8. The lowest BCUT2D eigenvalue weighted by atomic mass is 10.1. The Bertz CT molecular complexity index is 445. The van der Waals surface area contributed by atoms with Crippen molar-refractivity contribution in [2.75, 3.05) is 31.1 Å². The fraction of sp³-hybridized carbons (Fsp3) is 0.500. The average molecular weight is 266 g/mol. The summed E-state index contributed by atoms with van der Waals surface area (Å²) in [5, 5.41) is 8.79. The molecule has 1 saturated heterocycles. The molecule has 1 unspecified atom stereocenters. The summed E-state index contributed by atoms with van der Waals surface area (Å²) in [6.07, 6.45) is 0.152. The van der Waals surface area contributed by atoms with Crippen LogP contribution in [0.1, 0.15) is 13.3 Å². The molecule has 1 fully saturated rings. The first-order valence-electron chi connectivity index (χ1n) is 6.53. The quantitative estimate of drug-likeness (QED) is 0.902. The molecule has 0 radical (unpaired) electrons. The van der Waals surface area contributed by atoms with Gasteiger partial charge in [-0.25, -0.2) is 4.39 Å². The fourth-order valence-electron chi connectivity index (χ4n) is 2.49. The second-order valence-corrected chi connectivity index (χ2v) is 4.92. The van der Waals surface area contributed by atoms with Crippen molar-refractivity contribution < 1.29 is 14.3 Å². The number of rotatable bonds is 4. The number of halogens is 1. The molecule has 1 aromatic rings. The van der Waals surface area contributed by atoms with E-state index in [4.69, 9.17) is 5.11 Å². The maximum absolute atomic E-state index is 13.7. The highest BCUT2D eigenvalue weighted by atomic mass is 19.1. The SMILES string of the molecule is CC(CC(=O)O)N1CCN(c2ccccc2F)CC1. The van der Waals surface area contributed by atoms with Gasteiger partial charge in [-0.15, -0.1) is 0 Å². The molecule has 1 heterocycles. The van der Waals surface area contributed by atoms with Crippen molar-refractivity contribution in [1.82, 2.24) is 4.90 Å². The van der Waals surface area contributed by atoms with E-state index in [2.05, 4.69) is 4.90 Å². The second-order valence-electron chi connectivity index (χ2n) is 4.92. The monoisotopic (exact) mass is 266 g/mol. The van der Waals surface area contributed by atoms with Crippen molar-refractivity contribution >= 4 is 11.7 Å². The Morgan fingerprint density at radius 2 is 1.95 bits per heavy atom. The smallest absolute Gasteiger partial charge is 0.304 e. The normalized spacial score (nSPS) is 18.3. The van der Waals surface area contributed by atoms with E-state index in [-0.39, 0.29) is 18.3 Å². The molecule has 104 valence electrons. The number of carboxylic acids is 1. The summed E-state index contributed by atoms with van der Waals surface area (Å²) in [6, 6.07) is 6.79. The lowest BCUT2D eigenvalue weighted by molar-refractivity contribution is -0.138. The molecule has 1 atom stereocenters. The van der Waals surface area contributed by atoms with Crippen LogP contribution in [0.3, 0.4) is 0 Å². The van der Waals surface area contributed by atoms with E-state index in [9.17, 15) is 9.18 Å². The minimum absolute atomic E-state index is 0.0280. The molecule has 1 aliphatic heterocycles. The summed E-state index contributed by atoms with van der Waals surface area (Å²) in [6.45, 7) is 4.91. The van der Waals surface area contributed by atoms with E-state index in [0.717, 1.165) is 26.2 Å². The summed E-state index contributed by atoms with van der Waals surface area (Å²) >= 11 is 0. The van der Waals surface area contributed by atoms with Crippen molar-refractivity contribution in [3.63, 3.8) is 0 Å². The third-order valence-electron chi connectivity index (χ3n) is 3.60. The number of nitrogens with zero attached hydrogens (tertiary/aromatic N) is 2. The summed E-state index contributed by atoms with van der Waals surface area (Å²) in [5.74, 6) is -0.974. The Morgan fingerprint density at radius 1 is 1.32 bits per heavy atom. The molecule has 2 rings (SSSR count). The summed E-state index contributed by atoms with van der Waals surface area (Å²) in [7, 11) is 0. The van der Waals surface area contributed by atoms with Gasteiger partial charge in [0.05, 0.1) is 12.1 Å². The number of carboxylic acid groups (broad SMARTS) is 1. The number of benzene rings is 1. The largest absolute Gasteiger partial charge is 0.481 e. The lowest BCUT2D eigenvalue weighted by Gasteiger charge is -2.38. The van der Waals surface area contributed by atoms with Crippen LogP contribution < -0.4 is 4.90 Å². The van der Waals surface area contributed by atoms with Crippen LogP contribution in [0.25, 0.3) is 0 Å². The predicted octanol–water partition coefficient (Wildman–Crippen LogP) is 1.81. The molecular weight excluding hydrogens is 247 g/mol. The van der Waals surface area contributed by atoms with E-state index in [1.807, 2.05) is 17.9 Å². The van der Waals surface area contributed by atoms with Crippen molar-refractivity contribution in [3.8, 4) is 0 Å². The molecule has 0 spiro atoms. The summed E-state index contributed by atoms with van der Waals surface area (Å²) in [5.41, 5.74) is 0.632. The van der Waals surface area contributed by atoms with Gasteiger partial charge in [0.2, 0.25) is 0 Å². The molecule has 0 saturated carbocycles. The Kier molecular flexibility index (Phi) is 4.37. The maximum atomic E-state index is 13.7. The average Bonchev–Trinajstić information content (AvgIpc) is 2.39. The zero-order valence-corrected chi connectivity index (χ0v) is 11.1.